The molecule has 3 rings (SSSR count). The molecule has 2 aromatic heterocycles. The lowest BCUT2D eigenvalue weighted by Crippen LogP contribution is -2.23. The number of carbonyl (C=O) groups excluding carboxylic acids is 3. The van der Waals surface area contributed by atoms with Crippen LogP contribution in [0.5, 0.6) is 0 Å². The summed E-state index contributed by atoms with van der Waals surface area (Å²) in [5.41, 5.74) is 1.23. The van der Waals surface area contributed by atoms with Crippen LogP contribution in [0.4, 0.5) is 0 Å². The zero-order valence-corrected chi connectivity index (χ0v) is 17.1. The largest absolute Gasteiger partial charge is 0.465 e. The van der Waals surface area contributed by atoms with Gasteiger partial charge in [-0.15, -0.1) is 0 Å². The zero-order chi connectivity index (χ0) is 21.0. The Kier molecular flexibility index (Phi) is 6.23. The molecule has 0 saturated heterocycles. The van der Waals surface area contributed by atoms with E-state index in [2.05, 4.69) is 10.1 Å². The molecule has 1 amide bonds. The van der Waals surface area contributed by atoms with Crippen molar-refractivity contribution in [3.8, 4) is 0 Å². The van der Waals surface area contributed by atoms with Crippen molar-refractivity contribution in [1.82, 2.24) is 14.3 Å². The lowest BCUT2D eigenvalue weighted by molar-refractivity contribution is -0.143. The molecule has 29 heavy (non-hydrogen) atoms. The number of carbonyl (C=O) groups is 3. The Labute approximate surface area is 170 Å². The van der Waals surface area contributed by atoms with Crippen molar-refractivity contribution < 1.29 is 23.9 Å². The summed E-state index contributed by atoms with van der Waals surface area (Å²) in [5, 5.41) is 4.16. The molecule has 0 aliphatic heterocycles. The van der Waals surface area contributed by atoms with E-state index in [-0.39, 0.29) is 18.8 Å². The number of amides is 1. The van der Waals surface area contributed by atoms with E-state index < -0.39 is 17.8 Å². The Balaban J connectivity index is 2.10. The monoisotopic (exact) mass is 416 g/mol. The molecule has 3 aromatic rings. The van der Waals surface area contributed by atoms with E-state index >= 15 is 0 Å². The van der Waals surface area contributed by atoms with Crippen molar-refractivity contribution in [2.75, 3.05) is 13.7 Å². The quantitative estimate of drug-likeness (QED) is 0.569. The highest BCUT2D eigenvalue weighted by molar-refractivity contribution is 7.16. The van der Waals surface area contributed by atoms with E-state index in [1.165, 1.54) is 18.4 Å². The number of hydrogen-bond donors (Lipinski definition) is 0. The average Bonchev–Trinajstić information content (AvgIpc) is 3.32. The van der Waals surface area contributed by atoms with Gasteiger partial charge in [-0.2, -0.15) is 10.1 Å². The number of esters is 2. The molecule has 0 atom stereocenters. The lowest BCUT2D eigenvalue weighted by Gasteiger charge is -2.05. The van der Waals surface area contributed by atoms with Crippen LogP contribution in [0.2, 0.25) is 0 Å². The number of benzene rings is 1. The molecular weight excluding hydrogens is 396 g/mol. The second-order valence-electron chi connectivity index (χ2n) is 5.92. The minimum Gasteiger partial charge on any atom is -0.465 e. The fourth-order valence-electron chi connectivity index (χ4n) is 2.69. The molecular formula is C19H20N4O5S. The van der Waals surface area contributed by atoms with E-state index in [4.69, 9.17) is 9.47 Å². The molecule has 0 aliphatic rings. The van der Waals surface area contributed by atoms with E-state index in [9.17, 15) is 14.4 Å². The van der Waals surface area contributed by atoms with Crippen LogP contribution in [0.3, 0.4) is 0 Å². The van der Waals surface area contributed by atoms with Gasteiger partial charge in [0.1, 0.15) is 6.54 Å². The van der Waals surface area contributed by atoms with Crippen LogP contribution in [0, 0.1) is 0 Å². The summed E-state index contributed by atoms with van der Waals surface area (Å²) >= 11 is 1.19. The topological polar surface area (TPSA) is 105 Å². The fraction of sp³-hybridized carbons (Fsp3) is 0.316. The number of ether oxygens (including phenoxy) is 2. The van der Waals surface area contributed by atoms with E-state index in [0.717, 1.165) is 0 Å². The smallest absolute Gasteiger partial charge is 0.337 e. The van der Waals surface area contributed by atoms with Crippen molar-refractivity contribution in [2.45, 2.75) is 26.9 Å². The summed E-state index contributed by atoms with van der Waals surface area (Å²) in [4.78, 5) is 40.9. The number of aromatic nitrogens is 3. The number of methoxy groups -OCH3 is 1. The molecule has 0 spiro atoms. The van der Waals surface area contributed by atoms with Gasteiger partial charge in [0.2, 0.25) is 0 Å². The third-order valence-electron chi connectivity index (χ3n) is 4.08. The van der Waals surface area contributed by atoms with Gasteiger partial charge in [0.25, 0.3) is 5.91 Å². The Bertz CT molecular complexity index is 1140. The summed E-state index contributed by atoms with van der Waals surface area (Å²) in [6.45, 7) is 4.40. The second-order valence-corrected chi connectivity index (χ2v) is 6.93. The molecule has 0 saturated carbocycles. The maximum Gasteiger partial charge on any atom is 0.337 e. The normalized spacial score (nSPS) is 11.6. The highest BCUT2D eigenvalue weighted by Crippen LogP contribution is 2.20. The molecule has 0 unspecified atom stereocenters. The van der Waals surface area contributed by atoms with Crippen LogP contribution in [0.15, 0.2) is 35.5 Å². The fourth-order valence-corrected chi connectivity index (χ4v) is 3.75. The molecule has 0 fully saturated rings. The van der Waals surface area contributed by atoms with Gasteiger partial charge in [0, 0.05) is 12.7 Å². The van der Waals surface area contributed by atoms with Gasteiger partial charge in [0.15, 0.2) is 10.5 Å². The molecule has 0 radical (unpaired) electrons. The Morgan fingerprint density at radius 3 is 2.66 bits per heavy atom. The van der Waals surface area contributed by atoms with Crippen molar-refractivity contribution in [3.05, 3.63) is 46.5 Å². The summed E-state index contributed by atoms with van der Waals surface area (Å²) in [5.74, 6) is -1.44. The third kappa shape index (κ3) is 4.43. The molecule has 1 aromatic carbocycles. The first kappa shape index (κ1) is 20.5. The van der Waals surface area contributed by atoms with Crippen molar-refractivity contribution in [1.29, 1.82) is 0 Å². The third-order valence-corrected chi connectivity index (χ3v) is 5.12. The maximum atomic E-state index is 12.6. The van der Waals surface area contributed by atoms with Crippen LogP contribution >= 0.6 is 11.3 Å². The number of fused-ring (bicyclic) bond motifs is 1. The number of nitrogens with zero attached hydrogens (tertiary/aromatic N) is 4. The van der Waals surface area contributed by atoms with Crippen LogP contribution in [0.25, 0.3) is 10.2 Å². The van der Waals surface area contributed by atoms with Gasteiger partial charge in [-0.3, -0.25) is 14.3 Å². The Hall–Kier alpha value is -3.27. The first-order valence-electron chi connectivity index (χ1n) is 8.96. The Morgan fingerprint density at radius 2 is 2.00 bits per heavy atom. The zero-order valence-electron chi connectivity index (χ0n) is 16.2. The summed E-state index contributed by atoms with van der Waals surface area (Å²) < 4.78 is 13.7. The van der Waals surface area contributed by atoms with E-state index in [1.54, 1.807) is 46.6 Å². The van der Waals surface area contributed by atoms with Gasteiger partial charge in [-0.1, -0.05) is 11.3 Å². The number of thiazole rings is 1. The second kappa shape index (κ2) is 8.82. The number of aryl methyl sites for hydroxylation is 1. The summed E-state index contributed by atoms with van der Waals surface area (Å²) in [7, 11) is 1.30. The van der Waals surface area contributed by atoms with Crippen LogP contribution in [-0.4, -0.2) is 45.9 Å². The van der Waals surface area contributed by atoms with Gasteiger partial charge < -0.3 is 14.0 Å². The molecule has 9 nitrogen and oxygen atoms in total. The first-order valence-corrected chi connectivity index (χ1v) is 9.78. The van der Waals surface area contributed by atoms with Crippen molar-refractivity contribution >= 4 is 39.4 Å². The number of hydrogen-bond acceptors (Lipinski definition) is 7. The van der Waals surface area contributed by atoms with E-state index in [1.807, 2.05) is 6.92 Å². The molecule has 10 heteroatoms. The molecule has 0 aliphatic carbocycles. The van der Waals surface area contributed by atoms with Gasteiger partial charge >= 0.3 is 11.9 Å². The summed E-state index contributed by atoms with van der Waals surface area (Å²) in [6, 6.07) is 6.51. The highest BCUT2D eigenvalue weighted by Gasteiger charge is 2.16. The predicted molar refractivity (Wildman–Crippen MR) is 106 cm³/mol. The van der Waals surface area contributed by atoms with Crippen molar-refractivity contribution in [2.24, 2.45) is 4.99 Å². The van der Waals surface area contributed by atoms with Crippen molar-refractivity contribution in [3.63, 3.8) is 0 Å². The minimum atomic E-state index is -0.519. The Morgan fingerprint density at radius 1 is 1.21 bits per heavy atom. The van der Waals surface area contributed by atoms with Crippen LogP contribution < -0.4 is 4.80 Å². The predicted octanol–water partition coefficient (Wildman–Crippen LogP) is 2.01. The molecule has 2 heterocycles. The van der Waals surface area contributed by atoms with E-state index in [0.29, 0.717) is 27.1 Å². The average molecular weight is 416 g/mol. The molecule has 0 bridgehead atoms. The standard InChI is InChI=1S/C19H20N4O5S/c1-4-22-9-8-13(21-22)17(25)20-19-23(11-16(24)28-5-2)14-7-6-12(18(26)27-3)10-15(14)29-19/h6-10H,4-5,11H2,1-3H3. The molecule has 0 N–H and O–H groups in total. The van der Waals surface area contributed by atoms with Crippen LogP contribution in [-0.2, 0) is 27.4 Å². The number of rotatable bonds is 6. The maximum absolute atomic E-state index is 12.6. The van der Waals surface area contributed by atoms with Gasteiger partial charge in [0.05, 0.1) is 29.5 Å². The first-order chi connectivity index (χ1) is 14.0. The summed E-state index contributed by atoms with van der Waals surface area (Å²) in [6.07, 6.45) is 1.70. The van der Waals surface area contributed by atoms with Crippen LogP contribution in [0.1, 0.15) is 34.7 Å². The minimum absolute atomic E-state index is 0.110. The SMILES string of the molecule is CCOC(=O)Cn1c(=NC(=O)c2ccn(CC)n2)sc2cc(C(=O)OC)ccc21. The van der Waals surface area contributed by atoms with Gasteiger partial charge in [-0.05, 0) is 38.1 Å². The highest BCUT2D eigenvalue weighted by atomic mass is 32.1. The van der Waals surface area contributed by atoms with Gasteiger partial charge in [-0.25, -0.2) is 4.79 Å². The lowest BCUT2D eigenvalue weighted by atomic mass is 10.2. The molecule has 152 valence electrons.